The molecule has 0 radical (unpaired) electrons. The normalized spacial score (nSPS) is 11.2. The second kappa shape index (κ2) is 9.32. The van der Waals surface area contributed by atoms with Crippen molar-refractivity contribution < 1.29 is 17.6 Å². The maximum Gasteiger partial charge on any atom is 0.262 e. The first-order valence-electron chi connectivity index (χ1n) is 9.09. The molecule has 3 aromatic carbocycles. The third-order valence-electron chi connectivity index (χ3n) is 4.49. The smallest absolute Gasteiger partial charge is 0.262 e. The molecule has 2 N–H and O–H groups in total. The molecule has 156 valence electrons. The van der Waals surface area contributed by atoms with E-state index in [9.17, 15) is 17.6 Å². The predicted octanol–water partition coefficient (Wildman–Crippen LogP) is 4.59. The number of hydrogen-bond donors (Lipinski definition) is 2. The zero-order valence-corrected chi connectivity index (χ0v) is 18.1. The lowest BCUT2D eigenvalue weighted by Gasteiger charge is -2.12. The lowest BCUT2D eigenvalue weighted by Crippen LogP contribution is -2.24. The van der Waals surface area contributed by atoms with Crippen LogP contribution in [-0.2, 0) is 16.6 Å². The van der Waals surface area contributed by atoms with Crippen LogP contribution >= 0.6 is 11.8 Å². The van der Waals surface area contributed by atoms with E-state index in [1.165, 1.54) is 30.3 Å². The van der Waals surface area contributed by atoms with E-state index in [2.05, 4.69) is 10.0 Å². The molecule has 3 aromatic rings. The molecule has 0 spiro atoms. The Balaban J connectivity index is 1.78. The highest BCUT2D eigenvalue weighted by molar-refractivity contribution is 7.98. The number of halogens is 1. The van der Waals surface area contributed by atoms with Crippen molar-refractivity contribution in [3.63, 3.8) is 0 Å². The number of carbonyl (C=O) groups excluding carboxylic acids is 1. The van der Waals surface area contributed by atoms with Crippen LogP contribution in [0.25, 0.3) is 0 Å². The molecule has 0 saturated heterocycles. The monoisotopic (exact) mass is 444 g/mol. The van der Waals surface area contributed by atoms with Gasteiger partial charge in [-0.25, -0.2) is 12.8 Å². The van der Waals surface area contributed by atoms with Crippen LogP contribution in [-0.4, -0.2) is 20.6 Å². The number of benzene rings is 3. The van der Waals surface area contributed by atoms with Crippen LogP contribution in [0.5, 0.6) is 0 Å². The van der Waals surface area contributed by atoms with Gasteiger partial charge in [0.15, 0.2) is 0 Å². The summed E-state index contributed by atoms with van der Waals surface area (Å²) in [4.78, 5) is 13.7. The van der Waals surface area contributed by atoms with E-state index in [0.29, 0.717) is 12.1 Å². The van der Waals surface area contributed by atoms with E-state index < -0.39 is 15.8 Å². The van der Waals surface area contributed by atoms with Crippen molar-refractivity contribution in [2.75, 3.05) is 11.0 Å². The van der Waals surface area contributed by atoms with Crippen LogP contribution in [0.15, 0.2) is 76.5 Å². The van der Waals surface area contributed by atoms with E-state index >= 15 is 0 Å². The molecule has 0 atom stereocenters. The van der Waals surface area contributed by atoms with Gasteiger partial charge >= 0.3 is 0 Å². The van der Waals surface area contributed by atoms with Gasteiger partial charge in [-0.05, 0) is 60.7 Å². The van der Waals surface area contributed by atoms with Gasteiger partial charge < -0.3 is 5.32 Å². The van der Waals surface area contributed by atoms with Gasteiger partial charge in [0.1, 0.15) is 5.82 Å². The average molecular weight is 445 g/mol. The van der Waals surface area contributed by atoms with Crippen LogP contribution in [0.4, 0.5) is 10.1 Å². The van der Waals surface area contributed by atoms with Crippen molar-refractivity contribution in [3.8, 4) is 0 Å². The lowest BCUT2D eigenvalue weighted by molar-refractivity contribution is 0.0950. The number of amides is 1. The van der Waals surface area contributed by atoms with Crippen LogP contribution in [0.2, 0.25) is 0 Å². The Morgan fingerprint density at radius 3 is 2.40 bits per heavy atom. The first-order valence-corrected chi connectivity index (χ1v) is 11.8. The maximum atomic E-state index is 13.8. The zero-order valence-electron chi connectivity index (χ0n) is 16.5. The summed E-state index contributed by atoms with van der Waals surface area (Å²) in [6.45, 7) is 2.04. The maximum absolute atomic E-state index is 13.8. The zero-order chi connectivity index (χ0) is 21.7. The quantitative estimate of drug-likeness (QED) is 0.523. The molecule has 0 aliphatic rings. The summed E-state index contributed by atoms with van der Waals surface area (Å²) in [6, 6.07) is 17.5. The average Bonchev–Trinajstić information content (AvgIpc) is 2.74. The van der Waals surface area contributed by atoms with E-state index in [0.717, 1.165) is 16.5 Å². The van der Waals surface area contributed by atoms with Crippen molar-refractivity contribution in [2.24, 2.45) is 0 Å². The third kappa shape index (κ3) is 5.20. The number of aryl methyl sites for hydroxylation is 1. The van der Waals surface area contributed by atoms with Crippen LogP contribution < -0.4 is 10.0 Å². The second-order valence-corrected chi connectivity index (χ2v) is 9.15. The van der Waals surface area contributed by atoms with Crippen LogP contribution in [0.1, 0.15) is 21.5 Å². The Labute approximate surface area is 179 Å². The van der Waals surface area contributed by atoms with Crippen molar-refractivity contribution in [1.82, 2.24) is 5.32 Å². The van der Waals surface area contributed by atoms with Gasteiger partial charge in [-0.2, -0.15) is 0 Å². The molecule has 0 unspecified atom stereocenters. The summed E-state index contributed by atoms with van der Waals surface area (Å²) in [5.74, 6) is -1.07. The minimum absolute atomic E-state index is 0.120. The van der Waals surface area contributed by atoms with E-state index in [-0.39, 0.29) is 22.1 Å². The molecule has 1 amide bonds. The molecule has 0 aliphatic heterocycles. The number of sulfonamides is 1. The summed E-state index contributed by atoms with van der Waals surface area (Å²) < 4.78 is 41.4. The van der Waals surface area contributed by atoms with Gasteiger partial charge in [-0.15, -0.1) is 11.8 Å². The minimum atomic E-state index is -4.06. The van der Waals surface area contributed by atoms with Gasteiger partial charge in [0.2, 0.25) is 0 Å². The van der Waals surface area contributed by atoms with Crippen molar-refractivity contribution >= 4 is 33.4 Å². The number of para-hydroxylation sites is 1. The van der Waals surface area contributed by atoms with Crippen molar-refractivity contribution in [3.05, 3.63) is 89.2 Å². The Bertz CT molecular complexity index is 1160. The van der Waals surface area contributed by atoms with Crippen molar-refractivity contribution in [2.45, 2.75) is 23.3 Å². The van der Waals surface area contributed by atoms with Gasteiger partial charge in [0.05, 0.1) is 10.6 Å². The predicted molar refractivity (Wildman–Crippen MR) is 118 cm³/mol. The Morgan fingerprint density at radius 1 is 1.03 bits per heavy atom. The largest absolute Gasteiger partial charge is 0.348 e. The SMILES string of the molecule is CSc1ccc(CNC(=O)c2cc(S(=O)(=O)Nc3ccccc3F)ccc2C)cc1. The van der Waals surface area contributed by atoms with Crippen LogP contribution in [0.3, 0.4) is 0 Å². The van der Waals surface area contributed by atoms with Gasteiger partial charge in [0, 0.05) is 17.0 Å². The summed E-state index contributed by atoms with van der Waals surface area (Å²) >= 11 is 1.63. The fourth-order valence-electron chi connectivity index (χ4n) is 2.78. The standard InChI is InChI=1S/C22H21FN2O3S2/c1-15-7-12-18(30(27,28)25-21-6-4-3-5-20(21)23)13-19(15)22(26)24-14-16-8-10-17(29-2)11-9-16/h3-13,25H,14H2,1-2H3,(H,24,26). The second-order valence-electron chi connectivity index (χ2n) is 6.59. The molecular formula is C22H21FN2O3S2. The highest BCUT2D eigenvalue weighted by Crippen LogP contribution is 2.21. The van der Waals surface area contributed by atoms with Crippen LogP contribution in [0, 0.1) is 12.7 Å². The first-order chi connectivity index (χ1) is 14.3. The number of hydrogen-bond acceptors (Lipinski definition) is 4. The summed E-state index contributed by atoms with van der Waals surface area (Å²) in [5.41, 5.74) is 1.66. The van der Waals surface area contributed by atoms with Gasteiger partial charge in [-0.1, -0.05) is 30.3 Å². The van der Waals surface area contributed by atoms with E-state index in [1.54, 1.807) is 24.8 Å². The Kier molecular flexibility index (Phi) is 6.79. The third-order valence-corrected chi connectivity index (χ3v) is 6.60. The minimum Gasteiger partial charge on any atom is -0.348 e. The number of carbonyl (C=O) groups is 1. The molecule has 0 fully saturated rings. The highest BCUT2D eigenvalue weighted by Gasteiger charge is 2.19. The molecular weight excluding hydrogens is 423 g/mol. The molecule has 0 saturated carbocycles. The molecule has 8 heteroatoms. The Hall–Kier alpha value is -2.84. The summed E-state index contributed by atoms with van der Waals surface area (Å²) in [5, 5.41) is 2.81. The van der Waals surface area contributed by atoms with Gasteiger partial charge in [0.25, 0.3) is 15.9 Å². The highest BCUT2D eigenvalue weighted by atomic mass is 32.2. The van der Waals surface area contributed by atoms with E-state index in [4.69, 9.17) is 0 Å². The molecule has 5 nitrogen and oxygen atoms in total. The lowest BCUT2D eigenvalue weighted by atomic mass is 10.1. The Morgan fingerprint density at radius 2 is 1.73 bits per heavy atom. The first kappa shape index (κ1) is 21.9. The molecule has 0 bridgehead atoms. The van der Waals surface area contributed by atoms with E-state index in [1.807, 2.05) is 30.5 Å². The number of thioether (sulfide) groups is 1. The molecule has 30 heavy (non-hydrogen) atoms. The van der Waals surface area contributed by atoms with Crippen molar-refractivity contribution in [1.29, 1.82) is 0 Å². The molecule has 0 aromatic heterocycles. The van der Waals surface area contributed by atoms with Gasteiger partial charge in [-0.3, -0.25) is 9.52 Å². The fourth-order valence-corrected chi connectivity index (χ4v) is 4.28. The fraction of sp³-hybridized carbons (Fsp3) is 0.136. The summed E-state index contributed by atoms with van der Waals surface area (Å²) in [6.07, 6.45) is 1.99. The molecule has 0 heterocycles. The number of nitrogens with one attached hydrogen (secondary N) is 2. The number of rotatable bonds is 7. The summed E-state index contributed by atoms with van der Waals surface area (Å²) in [7, 11) is -4.06. The number of anilines is 1. The topological polar surface area (TPSA) is 75.3 Å². The molecule has 3 rings (SSSR count). The molecule has 0 aliphatic carbocycles.